The fourth-order valence-corrected chi connectivity index (χ4v) is 5.91. The molecule has 2 N–H and O–H groups in total. The second-order valence-electron chi connectivity index (χ2n) is 9.12. The van der Waals surface area contributed by atoms with Crippen LogP contribution in [0.25, 0.3) is 0 Å². The van der Waals surface area contributed by atoms with Crippen molar-refractivity contribution in [1.29, 1.82) is 0 Å². The molecule has 0 aliphatic rings. The molecular weight excluding hydrogens is 552 g/mol. The molecule has 0 saturated heterocycles. The van der Waals surface area contributed by atoms with Gasteiger partial charge in [-0.15, -0.1) is 0 Å². The summed E-state index contributed by atoms with van der Waals surface area (Å²) in [6.45, 7) is 3.51. The van der Waals surface area contributed by atoms with Gasteiger partial charge in [0.05, 0.1) is 11.4 Å². The van der Waals surface area contributed by atoms with Crippen molar-refractivity contribution in [3.05, 3.63) is 119 Å². The summed E-state index contributed by atoms with van der Waals surface area (Å²) < 4.78 is 61.6. The van der Waals surface area contributed by atoms with Crippen LogP contribution in [-0.4, -0.2) is 22.9 Å². The van der Waals surface area contributed by atoms with E-state index in [4.69, 9.17) is 8.37 Å². The Labute approximate surface area is 234 Å². The molecule has 0 unspecified atom stereocenters. The molecule has 0 saturated carbocycles. The third-order valence-electron chi connectivity index (χ3n) is 5.58. The summed E-state index contributed by atoms with van der Waals surface area (Å²) in [6.07, 6.45) is 0. The number of hydrogen-bond donors (Lipinski definition) is 2. The molecule has 4 aromatic carbocycles. The van der Waals surface area contributed by atoms with Gasteiger partial charge in [0.2, 0.25) is 0 Å². The number of benzene rings is 4. The Morgan fingerprint density at radius 3 is 1.35 bits per heavy atom. The Morgan fingerprint density at radius 1 is 0.600 bits per heavy atom. The minimum absolute atomic E-state index is 0.0584. The fraction of sp³-hybridized carbons (Fsp3) is 0.138. The van der Waals surface area contributed by atoms with E-state index in [2.05, 4.69) is 10.6 Å². The average Bonchev–Trinajstić information content (AvgIpc) is 2.87. The molecule has 0 spiro atoms. The van der Waals surface area contributed by atoms with Crippen LogP contribution < -0.4 is 19.0 Å². The number of amides is 2. The molecule has 0 bridgehead atoms. The first-order chi connectivity index (χ1) is 19.0. The summed E-state index contributed by atoms with van der Waals surface area (Å²) in [7, 11) is -8.08. The zero-order chi connectivity index (χ0) is 28.8. The molecule has 9 nitrogen and oxygen atoms in total. The first-order valence-electron chi connectivity index (χ1n) is 12.2. The summed E-state index contributed by atoms with van der Waals surface area (Å²) in [4.78, 5) is 12.9. The molecular formula is C29H28N2O7S2. The maximum atomic E-state index is 12.9. The first-order valence-corrected chi connectivity index (χ1v) is 15.3. The molecule has 2 amide bonds. The lowest BCUT2D eigenvalue weighted by atomic mass is 10.2. The molecule has 40 heavy (non-hydrogen) atoms. The maximum absolute atomic E-state index is 12.9. The highest BCUT2D eigenvalue weighted by Crippen LogP contribution is 2.31. The number of urea groups is 1. The van der Waals surface area contributed by atoms with Gasteiger partial charge in [-0.25, -0.2) is 4.79 Å². The van der Waals surface area contributed by atoms with Gasteiger partial charge in [-0.3, -0.25) is 0 Å². The van der Waals surface area contributed by atoms with Crippen LogP contribution in [0, 0.1) is 13.8 Å². The highest BCUT2D eigenvalue weighted by molar-refractivity contribution is 7.86. The average molecular weight is 581 g/mol. The fourth-order valence-electron chi connectivity index (χ4n) is 3.77. The monoisotopic (exact) mass is 580 g/mol. The van der Waals surface area contributed by atoms with Crippen LogP contribution in [0.15, 0.2) is 97.1 Å². The largest absolute Gasteiger partial charge is 0.380 e. The summed E-state index contributed by atoms with van der Waals surface area (Å²) in [5, 5.41) is 5.15. The molecule has 208 valence electrons. The minimum atomic E-state index is -4.04. The molecule has 0 aromatic heterocycles. The van der Waals surface area contributed by atoms with Crippen LogP contribution in [-0.2, 0) is 31.7 Å². The predicted octanol–water partition coefficient (Wildman–Crippen LogP) is 5.77. The second kappa shape index (κ2) is 12.2. The predicted molar refractivity (Wildman–Crippen MR) is 154 cm³/mol. The van der Waals surface area contributed by atoms with Crippen LogP contribution in [0.5, 0.6) is 11.5 Å². The summed E-state index contributed by atoms with van der Waals surface area (Å²) in [6, 6.07) is 25.8. The van der Waals surface area contributed by atoms with Gasteiger partial charge >= 0.3 is 26.3 Å². The van der Waals surface area contributed by atoms with Crippen LogP contribution in [0.4, 0.5) is 16.2 Å². The second-order valence-corrected chi connectivity index (χ2v) is 12.3. The minimum Gasteiger partial charge on any atom is -0.380 e. The van der Waals surface area contributed by atoms with Gasteiger partial charge in [0.25, 0.3) is 0 Å². The normalized spacial score (nSPS) is 11.4. The van der Waals surface area contributed by atoms with Crippen molar-refractivity contribution in [3.63, 3.8) is 0 Å². The Bertz CT molecular complexity index is 1580. The standard InChI is InChI=1S/C29H28N2O7S2/c1-21-13-15-25(27(17-21)37-39(33,34)19-23-9-5-3-6-10-23)30-29(32)31-26-16-14-22(2)18-28(26)38-40(35,36)20-24-11-7-4-8-12-24/h3-18H,19-20H2,1-2H3,(H2,30,31,32). The molecule has 0 aliphatic carbocycles. The lowest BCUT2D eigenvalue weighted by Crippen LogP contribution is -2.22. The molecule has 11 heteroatoms. The molecule has 4 aromatic rings. The van der Waals surface area contributed by atoms with E-state index >= 15 is 0 Å². The Morgan fingerprint density at radius 2 is 0.975 bits per heavy atom. The lowest BCUT2D eigenvalue weighted by molar-refractivity contribution is 0.262. The van der Waals surface area contributed by atoms with Crippen molar-refractivity contribution in [2.24, 2.45) is 0 Å². The van der Waals surface area contributed by atoms with Gasteiger partial charge in [0.15, 0.2) is 11.5 Å². The summed E-state index contributed by atoms with van der Waals surface area (Å²) in [5.41, 5.74) is 2.74. The quantitative estimate of drug-likeness (QED) is 0.228. The Hall–Kier alpha value is -4.35. The summed E-state index contributed by atoms with van der Waals surface area (Å²) >= 11 is 0. The van der Waals surface area contributed by atoms with Gasteiger partial charge in [-0.05, 0) is 60.4 Å². The van der Waals surface area contributed by atoms with Crippen LogP contribution in [0.3, 0.4) is 0 Å². The number of nitrogens with one attached hydrogen (secondary N) is 2. The van der Waals surface area contributed by atoms with E-state index < -0.39 is 26.3 Å². The van der Waals surface area contributed by atoms with E-state index in [-0.39, 0.29) is 34.4 Å². The number of carbonyl (C=O) groups excluding carboxylic acids is 1. The molecule has 0 fully saturated rings. The molecule has 0 heterocycles. The van der Waals surface area contributed by atoms with Crippen LogP contribution in [0.1, 0.15) is 22.3 Å². The van der Waals surface area contributed by atoms with Gasteiger partial charge in [0.1, 0.15) is 11.5 Å². The third kappa shape index (κ3) is 8.32. The van der Waals surface area contributed by atoms with Crippen molar-refractivity contribution in [2.45, 2.75) is 25.4 Å². The van der Waals surface area contributed by atoms with Gasteiger partial charge in [0, 0.05) is 0 Å². The van der Waals surface area contributed by atoms with Gasteiger partial charge in [-0.1, -0.05) is 72.8 Å². The Kier molecular flexibility index (Phi) is 8.76. The van der Waals surface area contributed by atoms with Crippen LogP contribution in [0.2, 0.25) is 0 Å². The number of aryl methyl sites for hydroxylation is 2. The van der Waals surface area contributed by atoms with E-state index in [1.165, 1.54) is 24.3 Å². The SMILES string of the molecule is Cc1ccc(NC(=O)Nc2ccc(C)cc2OS(=O)(=O)Cc2ccccc2)c(OS(=O)(=O)Cc2ccccc2)c1. The molecule has 4 rings (SSSR count). The van der Waals surface area contributed by atoms with E-state index in [0.29, 0.717) is 22.3 Å². The smallest absolute Gasteiger partial charge is 0.323 e. The zero-order valence-electron chi connectivity index (χ0n) is 21.8. The van der Waals surface area contributed by atoms with Gasteiger partial charge < -0.3 is 19.0 Å². The number of carbonyl (C=O) groups is 1. The highest BCUT2D eigenvalue weighted by Gasteiger charge is 2.20. The number of rotatable bonds is 10. The third-order valence-corrected chi connectivity index (χ3v) is 7.82. The van der Waals surface area contributed by atoms with Crippen molar-refractivity contribution in [2.75, 3.05) is 10.6 Å². The van der Waals surface area contributed by atoms with Crippen molar-refractivity contribution >= 4 is 37.6 Å². The van der Waals surface area contributed by atoms with Gasteiger partial charge in [-0.2, -0.15) is 16.8 Å². The maximum Gasteiger partial charge on any atom is 0.323 e. The van der Waals surface area contributed by atoms with Crippen molar-refractivity contribution in [3.8, 4) is 11.5 Å². The molecule has 0 radical (unpaired) electrons. The first kappa shape index (κ1) is 28.7. The summed E-state index contributed by atoms with van der Waals surface area (Å²) in [5.74, 6) is -0.821. The van der Waals surface area contributed by atoms with E-state index in [9.17, 15) is 21.6 Å². The van der Waals surface area contributed by atoms with Crippen molar-refractivity contribution < 1.29 is 30.0 Å². The Balaban J connectivity index is 1.50. The lowest BCUT2D eigenvalue weighted by Gasteiger charge is -2.16. The zero-order valence-corrected chi connectivity index (χ0v) is 23.5. The number of hydrogen-bond acceptors (Lipinski definition) is 7. The molecule has 0 atom stereocenters. The van der Waals surface area contributed by atoms with E-state index in [1.807, 2.05) is 0 Å². The van der Waals surface area contributed by atoms with E-state index in [0.717, 1.165) is 0 Å². The van der Waals surface area contributed by atoms with E-state index in [1.54, 1.807) is 86.6 Å². The van der Waals surface area contributed by atoms with Crippen molar-refractivity contribution in [1.82, 2.24) is 0 Å². The molecule has 0 aliphatic heterocycles. The highest BCUT2D eigenvalue weighted by atomic mass is 32.2. The number of anilines is 2. The topological polar surface area (TPSA) is 128 Å². The van der Waals surface area contributed by atoms with Crippen LogP contribution >= 0.6 is 0 Å².